The van der Waals surface area contributed by atoms with E-state index in [1.165, 1.54) is 24.1 Å². The number of nitrogens with zero attached hydrogens (tertiary/aromatic N) is 1. The number of rotatable bonds is 7. The molecular formula is C24H38N2O4. The predicted octanol–water partition coefficient (Wildman–Crippen LogP) is 3.56. The van der Waals surface area contributed by atoms with Crippen LogP contribution in [0.15, 0.2) is 12.1 Å². The summed E-state index contributed by atoms with van der Waals surface area (Å²) < 4.78 is 160. The molecule has 2 N–H and O–H groups in total. The van der Waals surface area contributed by atoms with Crippen molar-refractivity contribution in [3.8, 4) is 11.5 Å². The Morgan fingerprint density at radius 1 is 1.40 bits per heavy atom. The maximum absolute atomic E-state index is 13.6. The SMILES string of the molecule is [2H]C([2H])([2H])Oc1cc2c(cc1OC)C1([2H])CC(OC(=O)[C@@]([2H])(N)C([2H])(C([2H])([2H])[2H])C([2H])([2H])[2H])C(C([2H])([2H])C([2H])(C)C([2H])([2H])[2H])CN1CC2. The van der Waals surface area contributed by atoms with E-state index in [0.717, 1.165) is 6.92 Å². The van der Waals surface area contributed by atoms with Gasteiger partial charge in [0.15, 0.2) is 11.5 Å². The van der Waals surface area contributed by atoms with Gasteiger partial charge in [0.05, 0.1) is 21.0 Å². The second-order valence-corrected chi connectivity index (χ2v) is 7.22. The fourth-order valence-electron chi connectivity index (χ4n) is 3.85. The summed E-state index contributed by atoms with van der Waals surface area (Å²) in [5.41, 5.74) is 6.27. The number of nitrogens with two attached hydrogens (primary N) is 1. The first kappa shape index (κ1) is 8.99. The van der Waals surface area contributed by atoms with Gasteiger partial charge in [-0.2, -0.15) is 0 Å². The van der Waals surface area contributed by atoms with Gasteiger partial charge in [-0.25, -0.2) is 0 Å². The standard InChI is InChI=1S/C24H38N2O4/c1-14(2)9-17-13-26-8-7-16-10-21(28-5)22(29-6)11-18(16)19(26)12-20(17)30-24(27)23(25)15(3)4/h10-11,14-15,17,19-20,23H,7-9,12-13,25H2,1-6H3/t17?,19?,20?,23-/m0/s1/i1D3,3D3,4D3,5D3,9D2,14D,15D,19D,23D/t14?,17?,19?,20?,23-. The summed E-state index contributed by atoms with van der Waals surface area (Å²) in [5.74, 6) is -10.9. The largest absolute Gasteiger partial charge is 0.493 e. The Labute approximate surface area is 206 Å². The van der Waals surface area contributed by atoms with E-state index in [1.54, 1.807) is 0 Å². The minimum Gasteiger partial charge on any atom is -0.493 e. The molecule has 1 fully saturated rings. The molecule has 6 nitrogen and oxygen atoms in total. The summed E-state index contributed by atoms with van der Waals surface area (Å²) in [6, 6.07) is -3.15. The number of benzene rings is 1. The highest BCUT2D eigenvalue weighted by Gasteiger charge is 2.41. The first-order valence-corrected chi connectivity index (χ1v) is 9.36. The number of carbonyl (C=O) groups excluding carboxylic acids is 1. The lowest BCUT2D eigenvalue weighted by molar-refractivity contribution is -0.160. The van der Waals surface area contributed by atoms with Gasteiger partial charge < -0.3 is 19.9 Å². The quantitative estimate of drug-likeness (QED) is 0.659. The van der Waals surface area contributed by atoms with Crippen LogP contribution in [-0.4, -0.2) is 50.2 Å². The van der Waals surface area contributed by atoms with Crippen LogP contribution in [0, 0.1) is 17.7 Å². The number of hydrogen-bond donors (Lipinski definition) is 1. The molecule has 1 aromatic carbocycles. The summed E-state index contributed by atoms with van der Waals surface area (Å²) in [6.07, 6.45) is -5.54. The van der Waals surface area contributed by atoms with Crippen LogP contribution < -0.4 is 15.2 Å². The monoisotopic (exact) mass is 436 g/mol. The molecule has 0 bridgehead atoms. The molecule has 0 spiro atoms. The van der Waals surface area contributed by atoms with Crippen LogP contribution in [-0.2, 0) is 16.0 Å². The molecule has 30 heavy (non-hydrogen) atoms. The number of ether oxygens (including phenoxy) is 3. The van der Waals surface area contributed by atoms with E-state index < -0.39 is 88.7 Å². The Morgan fingerprint density at radius 3 is 2.90 bits per heavy atom. The van der Waals surface area contributed by atoms with Gasteiger partial charge in [0, 0.05) is 49.3 Å². The number of carbonyl (C=O) groups is 1. The second kappa shape index (κ2) is 9.56. The maximum Gasteiger partial charge on any atom is 0.323 e. The van der Waals surface area contributed by atoms with E-state index in [1.807, 2.05) is 0 Å². The van der Waals surface area contributed by atoms with Crippen molar-refractivity contribution in [3.05, 3.63) is 23.3 Å². The second-order valence-electron chi connectivity index (χ2n) is 7.22. The molecular weight excluding hydrogens is 380 g/mol. The van der Waals surface area contributed by atoms with E-state index in [0.29, 0.717) is 5.56 Å². The zero-order chi connectivity index (χ0) is 37.5. The Bertz CT molecular complexity index is 1370. The third kappa shape index (κ3) is 4.75. The molecule has 0 aliphatic carbocycles. The zero-order valence-corrected chi connectivity index (χ0v) is 16.8. The van der Waals surface area contributed by atoms with Gasteiger partial charge >= 0.3 is 5.97 Å². The van der Waals surface area contributed by atoms with Crippen molar-refractivity contribution in [2.45, 2.75) is 64.8 Å². The lowest BCUT2D eigenvalue weighted by atomic mass is 9.79. The summed E-state index contributed by atoms with van der Waals surface area (Å²) in [5, 5.41) is 0. The molecule has 2 aliphatic heterocycles. The van der Waals surface area contributed by atoms with Crippen molar-refractivity contribution in [1.82, 2.24) is 4.90 Å². The molecule has 168 valence electrons. The van der Waals surface area contributed by atoms with E-state index in [-0.39, 0.29) is 30.0 Å². The summed E-state index contributed by atoms with van der Waals surface area (Å²) in [6.45, 7) is -10.7. The van der Waals surface area contributed by atoms with Gasteiger partial charge in [-0.3, -0.25) is 9.69 Å². The third-order valence-corrected chi connectivity index (χ3v) is 5.25. The van der Waals surface area contributed by atoms with Crippen LogP contribution in [0.2, 0.25) is 0 Å². The Hall–Kier alpha value is -1.79. The molecule has 1 aromatic rings. The molecule has 3 rings (SSSR count). The van der Waals surface area contributed by atoms with Gasteiger partial charge in [0.2, 0.25) is 0 Å². The number of esters is 1. The summed E-state index contributed by atoms with van der Waals surface area (Å²) in [7, 11) is -1.65. The van der Waals surface area contributed by atoms with Crippen molar-refractivity contribution in [2.75, 3.05) is 27.2 Å². The smallest absolute Gasteiger partial charge is 0.323 e. The first-order valence-electron chi connectivity index (χ1n) is 18.4. The van der Waals surface area contributed by atoms with Crippen LogP contribution >= 0.6 is 0 Å². The number of methoxy groups -OCH3 is 2. The molecule has 6 heteroatoms. The molecule has 5 atom stereocenters. The first-order chi connectivity index (χ1) is 21.2. The molecule has 4 unspecified atom stereocenters. The minimum absolute atomic E-state index is 0.0129. The van der Waals surface area contributed by atoms with Crippen molar-refractivity contribution >= 4 is 5.97 Å². The van der Waals surface area contributed by atoms with Gasteiger partial charge in [0.1, 0.15) is 12.1 Å². The fraction of sp³-hybridized carbons (Fsp3) is 0.708. The van der Waals surface area contributed by atoms with Crippen molar-refractivity contribution in [2.24, 2.45) is 23.4 Å². The molecule has 2 aliphatic rings. The van der Waals surface area contributed by atoms with Gasteiger partial charge in [-0.15, -0.1) is 0 Å². The summed E-state index contributed by atoms with van der Waals surface area (Å²) >= 11 is 0. The van der Waals surface area contributed by atoms with Gasteiger partial charge in [-0.1, -0.05) is 27.5 Å². The lowest BCUT2D eigenvalue weighted by Crippen LogP contribution is -2.51. The zero-order valence-electron chi connectivity index (χ0n) is 34.8. The number of hydrogen-bond acceptors (Lipinski definition) is 6. The molecule has 0 radical (unpaired) electrons. The van der Waals surface area contributed by atoms with E-state index >= 15 is 0 Å². The highest BCUT2D eigenvalue weighted by molar-refractivity contribution is 5.76. The molecule has 0 saturated carbocycles. The maximum atomic E-state index is 13.6. The van der Waals surface area contributed by atoms with Gasteiger partial charge in [0.25, 0.3) is 0 Å². The van der Waals surface area contributed by atoms with E-state index in [2.05, 4.69) is 0 Å². The van der Waals surface area contributed by atoms with Crippen LogP contribution in [0.1, 0.15) is 82.1 Å². The molecule has 0 amide bonds. The van der Waals surface area contributed by atoms with Crippen molar-refractivity contribution in [1.29, 1.82) is 0 Å². The summed E-state index contributed by atoms with van der Waals surface area (Å²) in [4.78, 5) is 15.0. The number of piperidine rings is 1. The third-order valence-electron chi connectivity index (χ3n) is 5.25. The van der Waals surface area contributed by atoms with Crippen molar-refractivity contribution in [3.63, 3.8) is 0 Å². The van der Waals surface area contributed by atoms with Crippen LogP contribution in [0.25, 0.3) is 0 Å². The average molecular weight is 437 g/mol. The van der Waals surface area contributed by atoms with Crippen LogP contribution in [0.4, 0.5) is 0 Å². The Balaban J connectivity index is 2.22. The Kier molecular flexibility index (Phi) is 2.86. The highest BCUT2D eigenvalue weighted by Crippen LogP contribution is 2.44. The average Bonchev–Trinajstić information content (AvgIpc) is 2.88. The Morgan fingerprint density at radius 2 is 2.20 bits per heavy atom. The van der Waals surface area contributed by atoms with Crippen LogP contribution in [0.5, 0.6) is 11.5 Å². The topological polar surface area (TPSA) is 74.0 Å². The molecule has 1 saturated heterocycles. The van der Waals surface area contributed by atoms with Gasteiger partial charge in [-0.05, 0) is 47.8 Å². The highest BCUT2D eigenvalue weighted by atomic mass is 16.5. The molecule has 2 heterocycles. The fourth-order valence-corrected chi connectivity index (χ4v) is 3.85. The normalized spacial score (nSPS) is 41.7. The van der Waals surface area contributed by atoms with Crippen molar-refractivity contribution < 1.29 is 43.7 Å². The lowest BCUT2D eigenvalue weighted by Gasteiger charge is -2.47. The van der Waals surface area contributed by atoms with Crippen LogP contribution in [0.3, 0.4) is 0 Å². The molecule has 0 aromatic heterocycles. The number of fused-ring (bicyclic) bond motifs is 3. The van der Waals surface area contributed by atoms with E-state index in [4.69, 9.17) is 43.2 Å². The van der Waals surface area contributed by atoms with E-state index in [9.17, 15) is 6.17 Å². The minimum atomic E-state index is -3.97. The predicted molar refractivity (Wildman–Crippen MR) is 118 cm³/mol.